The molecule has 0 radical (unpaired) electrons. The van der Waals surface area contributed by atoms with E-state index >= 15 is 0 Å². The molecule has 1 aliphatic heterocycles. The highest BCUT2D eigenvalue weighted by Crippen LogP contribution is 2.32. The minimum Gasteiger partial charge on any atom is -0.436 e. The average molecular weight is 471 g/mol. The number of nitro groups is 1. The fraction of sp³-hybridized carbons (Fsp3) is 0.259. The van der Waals surface area contributed by atoms with Crippen LogP contribution >= 0.6 is 0 Å². The highest BCUT2D eigenvalue weighted by molar-refractivity contribution is 6.05. The van der Waals surface area contributed by atoms with Crippen molar-refractivity contribution >= 4 is 34.1 Å². The van der Waals surface area contributed by atoms with Gasteiger partial charge in [-0.05, 0) is 73.7 Å². The van der Waals surface area contributed by atoms with Crippen LogP contribution in [-0.4, -0.2) is 28.9 Å². The predicted octanol–water partition coefficient (Wildman–Crippen LogP) is 6.21. The maximum absolute atomic E-state index is 12.9. The molecule has 0 unspecified atom stereocenters. The van der Waals surface area contributed by atoms with E-state index in [0.717, 1.165) is 49.9 Å². The number of nitro benzene ring substituents is 1. The number of amides is 1. The van der Waals surface area contributed by atoms with Crippen LogP contribution < -0.4 is 10.2 Å². The Labute approximate surface area is 202 Å². The number of aromatic nitrogens is 1. The molecule has 1 fully saturated rings. The van der Waals surface area contributed by atoms with Gasteiger partial charge in [-0.3, -0.25) is 14.9 Å². The summed E-state index contributed by atoms with van der Waals surface area (Å²) in [6.45, 7) is 3.66. The summed E-state index contributed by atoms with van der Waals surface area (Å²) in [7, 11) is 0. The number of hydrogen-bond acceptors (Lipinski definition) is 6. The van der Waals surface area contributed by atoms with Gasteiger partial charge in [0.25, 0.3) is 11.6 Å². The number of carbonyl (C=O) groups is 1. The second kappa shape index (κ2) is 9.58. The molecular weight excluding hydrogens is 444 g/mol. The smallest absolute Gasteiger partial charge is 0.293 e. The lowest BCUT2D eigenvalue weighted by Gasteiger charge is -2.28. The molecule has 4 aromatic rings. The molecular formula is C27H26N4O4. The Balaban J connectivity index is 1.38. The van der Waals surface area contributed by atoms with Crippen LogP contribution in [0.25, 0.3) is 22.6 Å². The van der Waals surface area contributed by atoms with Crippen molar-refractivity contribution < 1.29 is 14.1 Å². The number of fused-ring (bicyclic) bond motifs is 1. The van der Waals surface area contributed by atoms with Crippen molar-refractivity contribution in [2.45, 2.75) is 32.6 Å². The van der Waals surface area contributed by atoms with Crippen LogP contribution in [0.3, 0.4) is 0 Å². The molecule has 5 rings (SSSR count). The fourth-order valence-corrected chi connectivity index (χ4v) is 4.46. The summed E-state index contributed by atoms with van der Waals surface area (Å²) in [5, 5.41) is 14.6. The van der Waals surface area contributed by atoms with Crippen LogP contribution in [0.15, 0.2) is 65.1 Å². The number of carbonyl (C=O) groups excluding carboxylic acids is 1. The second-order valence-electron chi connectivity index (χ2n) is 8.72. The molecule has 1 amide bonds. The molecule has 0 bridgehead atoms. The molecule has 1 aromatic heterocycles. The third-order valence-corrected chi connectivity index (χ3v) is 6.36. The molecule has 1 saturated heterocycles. The Bertz CT molecular complexity index is 1410. The van der Waals surface area contributed by atoms with Crippen molar-refractivity contribution in [1.29, 1.82) is 0 Å². The minimum absolute atomic E-state index is 0.0498. The third-order valence-electron chi connectivity index (χ3n) is 6.36. The Morgan fingerprint density at radius 1 is 1.09 bits per heavy atom. The van der Waals surface area contributed by atoms with E-state index in [4.69, 9.17) is 4.42 Å². The molecule has 1 N–H and O–H groups in total. The van der Waals surface area contributed by atoms with Gasteiger partial charge in [0, 0.05) is 36.0 Å². The van der Waals surface area contributed by atoms with Gasteiger partial charge in [-0.25, -0.2) is 4.98 Å². The third kappa shape index (κ3) is 4.73. The van der Waals surface area contributed by atoms with Crippen LogP contribution in [0, 0.1) is 10.1 Å². The molecule has 35 heavy (non-hydrogen) atoms. The second-order valence-corrected chi connectivity index (χ2v) is 8.72. The summed E-state index contributed by atoms with van der Waals surface area (Å²) in [6.07, 6.45) is 4.06. The predicted molar refractivity (Wildman–Crippen MR) is 136 cm³/mol. The first-order valence-electron chi connectivity index (χ1n) is 11.9. The van der Waals surface area contributed by atoms with Gasteiger partial charge in [0.1, 0.15) is 11.2 Å². The van der Waals surface area contributed by atoms with Gasteiger partial charge in [0.2, 0.25) is 5.89 Å². The Hall–Kier alpha value is -4.20. The Morgan fingerprint density at radius 3 is 2.69 bits per heavy atom. The zero-order chi connectivity index (χ0) is 24.4. The van der Waals surface area contributed by atoms with Crippen LogP contribution in [-0.2, 0) is 6.42 Å². The first-order chi connectivity index (χ1) is 17.0. The standard InChI is InChI=1S/C27H26N4O4/c1-2-18-9-12-25-22(15-18)29-27(35-25)20-7-6-8-21(16-20)28-26(32)19-10-11-23(24(17-19)31(33)34)30-13-4-3-5-14-30/h6-12,15-17H,2-5,13-14H2,1H3,(H,28,32). The molecule has 0 spiro atoms. The normalized spacial score (nSPS) is 13.7. The summed E-state index contributed by atoms with van der Waals surface area (Å²) >= 11 is 0. The average Bonchev–Trinajstić information content (AvgIpc) is 3.32. The lowest BCUT2D eigenvalue weighted by Crippen LogP contribution is -2.30. The van der Waals surface area contributed by atoms with Crippen LogP contribution in [0.4, 0.5) is 17.1 Å². The summed E-state index contributed by atoms with van der Waals surface area (Å²) in [4.78, 5) is 30.9. The molecule has 8 heteroatoms. The quantitative estimate of drug-likeness (QED) is 0.266. The Morgan fingerprint density at radius 2 is 1.91 bits per heavy atom. The number of anilines is 2. The number of nitrogens with one attached hydrogen (secondary N) is 1. The summed E-state index contributed by atoms with van der Waals surface area (Å²) < 4.78 is 5.91. The zero-order valence-electron chi connectivity index (χ0n) is 19.5. The highest BCUT2D eigenvalue weighted by Gasteiger charge is 2.23. The molecule has 2 heterocycles. The first-order valence-corrected chi connectivity index (χ1v) is 11.9. The van der Waals surface area contributed by atoms with Crippen LogP contribution in [0.2, 0.25) is 0 Å². The number of benzene rings is 3. The largest absolute Gasteiger partial charge is 0.436 e. The van der Waals surface area contributed by atoms with E-state index in [1.54, 1.807) is 30.3 Å². The van der Waals surface area contributed by atoms with Crippen molar-refractivity contribution in [2.75, 3.05) is 23.3 Å². The van der Waals surface area contributed by atoms with Gasteiger partial charge in [-0.2, -0.15) is 0 Å². The summed E-state index contributed by atoms with van der Waals surface area (Å²) in [6, 6.07) is 17.8. The van der Waals surface area contributed by atoms with Crippen LogP contribution in [0.1, 0.15) is 42.1 Å². The number of nitrogens with zero attached hydrogens (tertiary/aromatic N) is 3. The maximum Gasteiger partial charge on any atom is 0.293 e. The van der Waals surface area contributed by atoms with Gasteiger partial charge < -0.3 is 14.6 Å². The maximum atomic E-state index is 12.9. The van der Waals surface area contributed by atoms with Crippen molar-refractivity contribution in [3.05, 3.63) is 81.9 Å². The fourth-order valence-electron chi connectivity index (χ4n) is 4.46. The number of piperidine rings is 1. The highest BCUT2D eigenvalue weighted by atomic mass is 16.6. The molecule has 0 aliphatic carbocycles. The van der Waals surface area contributed by atoms with E-state index in [-0.39, 0.29) is 11.3 Å². The van der Waals surface area contributed by atoms with Gasteiger partial charge in [-0.15, -0.1) is 0 Å². The number of hydrogen-bond donors (Lipinski definition) is 1. The summed E-state index contributed by atoms with van der Waals surface area (Å²) in [5.74, 6) is 0.0477. The van der Waals surface area contributed by atoms with Crippen molar-refractivity contribution in [3.8, 4) is 11.5 Å². The van der Waals surface area contributed by atoms with Crippen molar-refractivity contribution in [1.82, 2.24) is 4.98 Å². The molecule has 1 aliphatic rings. The number of oxazole rings is 1. The number of aryl methyl sites for hydroxylation is 1. The summed E-state index contributed by atoms with van der Waals surface area (Å²) in [5.41, 5.74) is 4.69. The van der Waals surface area contributed by atoms with Gasteiger partial charge in [0.05, 0.1) is 4.92 Å². The molecule has 0 atom stereocenters. The zero-order valence-corrected chi connectivity index (χ0v) is 19.5. The Kier molecular flexibility index (Phi) is 6.18. The van der Waals surface area contributed by atoms with E-state index in [9.17, 15) is 14.9 Å². The lowest BCUT2D eigenvalue weighted by atomic mass is 10.1. The molecule has 0 saturated carbocycles. The molecule has 3 aromatic carbocycles. The van der Waals surface area contributed by atoms with Gasteiger partial charge >= 0.3 is 0 Å². The van der Waals surface area contributed by atoms with E-state index in [2.05, 4.69) is 17.2 Å². The topological polar surface area (TPSA) is 102 Å². The minimum atomic E-state index is -0.418. The van der Waals surface area contributed by atoms with Crippen LogP contribution in [0.5, 0.6) is 0 Å². The van der Waals surface area contributed by atoms with E-state index in [1.807, 2.05) is 29.2 Å². The van der Waals surface area contributed by atoms with E-state index in [1.165, 1.54) is 11.6 Å². The van der Waals surface area contributed by atoms with E-state index < -0.39 is 10.8 Å². The van der Waals surface area contributed by atoms with Crippen molar-refractivity contribution in [2.24, 2.45) is 0 Å². The van der Waals surface area contributed by atoms with Crippen molar-refractivity contribution in [3.63, 3.8) is 0 Å². The van der Waals surface area contributed by atoms with Gasteiger partial charge in [0.15, 0.2) is 5.58 Å². The molecule has 178 valence electrons. The SMILES string of the molecule is CCc1ccc2oc(-c3cccc(NC(=O)c4ccc(N5CCCCC5)c([N+](=O)[O-])c4)c3)nc2c1. The molecule has 8 nitrogen and oxygen atoms in total. The monoisotopic (exact) mass is 470 g/mol. The van der Waals surface area contributed by atoms with E-state index in [0.29, 0.717) is 22.8 Å². The number of rotatable bonds is 6. The van der Waals surface area contributed by atoms with Gasteiger partial charge in [-0.1, -0.05) is 19.1 Å². The first kappa shape index (κ1) is 22.6. The lowest BCUT2D eigenvalue weighted by molar-refractivity contribution is -0.384.